The van der Waals surface area contributed by atoms with Crippen molar-refractivity contribution in [2.75, 3.05) is 13.1 Å². The molecular weight excluding hydrogens is 256 g/mol. The summed E-state index contributed by atoms with van der Waals surface area (Å²) in [4.78, 5) is 11.2. The number of nitrogens with one attached hydrogen (secondary N) is 1. The van der Waals surface area contributed by atoms with Gasteiger partial charge in [-0.3, -0.25) is 4.79 Å². The van der Waals surface area contributed by atoms with Crippen molar-refractivity contribution in [3.8, 4) is 0 Å². The van der Waals surface area contributed by atoms with Crippen LogP contribution in [0, 0.1) is 5.41 Å². The number of nitrogens with zero attached hydrogens (tertiary/aromatic N) is 1. The number of hydrogen-bond acceptors (Lipinski definition) is 3. The molecule has 0 amide bonds. The van der Waals surface area contributed by atoms with Crippen LogP contribution in [0.3, 0.4) is 0 Å². The molecule has 1 saturated heterocycles. The van der Waals surface area contributed by atoms with Gasteiger partial charge in [-0.1, -0.05) is 27.2 Å². The molecule has 6 nitrogen and oxygen atoms in total. The van der Waals surface area contributed by atoms with E-state index in [9.17, 15) is 13.2 Å². The molecule has 1 fully saturated rings. The highest BCUT2D eigenvalue weighted by Gasteiger charge is 2.37. The highest BCUT2D eigenvalue weighted by Crippen LogP contribution is 2.21. The summed E-state index contributed by atoms with van der Waals surface area (Å²) >= 11 is 0. The van der Waals surface area contributed by atoms with E-state index in [-0.39, 0.29) is 0 Å². The maximum atomic E-state index is 12.1. The molecule has 1 unspecified atom stereocenters. The maximum Gasteiger partial charge on any atom is 0.322 e. The van der Waals surface area contributed by atoms with E-state index in [1.807, 2.05) is 0 Å². The molecule has 0 aromatic rings. The fourth-order valence-corrected chi connectivity index (χ4v) is 3.57. The van der Waals surface area contributed by atoms with Gasteiger partial charge in [0, 0.05) is 13.1 Å². The van der Waals surface area contributed by atoms with Crippen molar-refractivity contribution in [2.45, 2.75) is 46.1 Å². The first-order valence-electron chi connectivity index (χ1n) is 6.15. The van der Waals surface area contributed by atoms with Crippen molar-refractivity contribution in [2.24, 2.45) is 5.41 Å². The summed E-state index contributed by atoms with van der Waals surface area (Å²) in [7, 11) is -3.71. The Balaban J connectivity index is 2.82. The summed E-state index contributed by atoms with van der Waals surface area (Å²) in [5, 5.41) is 9.13. The first-order chi connectivity index (χ1) is 8.14. The zero-order valence-electron chi connectivity index (χ0n) is 11.1. The van der Waals surface area contributed by atoms with Crippen LogP contribution in [0.2, 0.25) is 0 Å². The van der Waals surface area contributed by atoms with Crippen LogP contribution in [0.15, 0.2) is 0 Å². The summed E-state index contributed by atoms with van der Waals surface area (Å²) in [6.45, 7) is 6.02. The van der Waals surface area contributed by atoms with Crippen LogP contribution in [0.4, 0.5) is 0 Å². The molecule has 1 aliphatic heterocycles. The minimum atomic E-state index is -3.71. The smallest absolute Gasteiger partial charge is 0.322 e. The Morgan fingerprint density at radius 3 is 2.11 bits per heavy atom. The Bertz CT molecular complexity index is 394. The molecule has 106 valence electrons. The highest BCUT2D eigenvalue weighted by atomic mass is 32.2. The zero-order valence-corrected chi connectivity index (χ0v) is 12.0. The Kier molecular flexibility index (Phi) is 4.74. The van der Waals surface area contributed by atoms with Crippen LogP contribution in [0.5, 0.6) is 0 Å². The molecule has 0 radical (unpaired) electrons. The Morgan fingerprint density at radius 2 is 1.72 bits per heavy atom. The van der Waals surface area contributed by atoms with Crippen molar-refractivity contribution in [3.63, 3.8) is 0 Å². The third kappa shape index (κ3) is 3.93. The van der Waals surface area contributed by atoms with Crippen molar-refractivity contribution in [3.05, 3.63) is 0 Å². The van der Waals surface area contributed by atoms with Crippen LogP contribution in [0.25, 0.3) is 0 Å². The lowest BCUT2D eigenvalue weighted by atomic mass is 9.88. The molecule has 0 bridgehead atoms. The predicted octanol–water partition coefficient (Wildman–Crippen LogP) is 0.806. The van der Waals surface area contributed by atoms with Crippen molar-refractivity contribution < 1.29 is 18.3 Å². The van der Waals surface area contributed by atoms with Crippen molar-refractivity contribution in [1.29, 1.82) is 0 Å². The quantitative estimate of drug-likeness (QED) is 0.796. The SMILES string of the molecule is CC(C)(C)C(NS(=O)(=O)N1CCCCC1)C(=O)O. The molecule has 1 aliphatic rings. The monoisotopic (exact) mass is 278 g/mol. The van der Waals surface area contributed by atoms with Crippen LogP contribution in [-0.4, -0.2) is 42.9 Å². The second kappa shape index (κ2) is 5.54. The van der Waals surface area contributed by atoms with Gasteiger partial charge in [-0.15, -0.1) is 0 Å². The average molecular weight is 278 g/mol. The van der Waals surface area contributed by atoms with Crippen LogP contribution >= 0.6 is 0 Å². The Morgan fingerprint density at radius 1 is 1.22 bits per heavy atom. The molecule has 0 aromatic heterocycles. The van der Waals surface area contributed by atoms with E-state index in [0.29, 0.717) is 13.1 Å². The molecule has 1 rings (SSSR count). The van der Waals surface area contributed by atoms with E-state index in [0.717, 1.165) is 19.3 Å². The molecule has 18 heavy (non-hydrogen) atoms. The van der Waals surface area contributed by atoms with Crippen LogP contribution in [-0.2, 0) is 15.0 Å². The van der Waals surface area contributed by atoms with E-state index in [1.165, 1.54) is 4.31 Å². The number of carboxylic acid groups (broad SMARTS) is 1. The third-order valence-corrected chi connectivity index (χ3v) is 4.61. The molecule has 0 aromatic carbocycles. The number of piperidine rings is 1. The third-order valence-electron chi connectivity index (χ3n) is 3.03. The van der Waals surface area contributed by atoms with Gasteiger partial charge in [0.05, 0.1) is 0 Å². The molecule has 1 atom stereocenters. The van der Waals surface area contributed by atoms with Crippen molar-refractivity contribution in [1.82, 2.24) is 9.03 Å². The second-order valence-electron chi connectivity index (χ2n) is 5.72. The molecule has 0 spiro atoms. The maximum absolute atomic E-state index is 12.1. The van der Waals surface area contributed by atoms with Gasteiger partial charge in [0.25, 0.3) is 10.2 Å². The summed E-state index contributed by atoms with van der Waals surface area (Å²) in [5.74, 6) is -1.15. The van der Waals surface area contributed by atoms with Gasteiger partial charge >= 0.3 is 5.97 Å². The van der Waals surface area contributed by atoms with Gasteiger partial charge in [-0.05, 0) is 18.3 Å². The number of rotatable bonds is 4. The number of hydrogen-bond donors (Lipinski definition) is 2. The fourth-order valence-electron chi connectivity index (χ4n) is 1.93. The lowest BCUT2D eigenvalue weighted by Gasteiger charge is -2.32. The number of carboxylic acids is 1. The zero-order chi connectivity index (χ0) is 14.0. The largest absolute Gasteiger partial charge is 0.480 e. The molecular formula is C11H22N2O4S. The van der Waals surface area contributed by atoms with Crippen LogP contribution in [0.1, 0.15) is 40.0 Å². The highest BCUT2D eigenvalue weighted by molar-refractivity contribution is 7.87. The Labute approximate surface area is 109 Å². The normalized spacial score (nSPS) is 20.6. The van der Waals surface area contributed by atoms with E-state index < -0.39 is 27.6 Å². The topological polar surface area (TPSA) is 86.7 Å². The number of carbonyl (C=O) groups is 1. The minimum Gasteiger partial charge on any atom is -0.480 e. The standard InChI is InChI=1S/C11H22N2O4S/c1-11(2,3)9(10(14)15)12-18(16,17)13-7-5-4-6-8-13/h9,12H,4-8H2,1-3H3,(H,14,15). The van der Waals surface area contributed by atoms with Gasteiger partial charge in [0.1, 0.15) is 6.04 Å². The summed E-state index contributed by atoms with van der Waals surface area (Å²) in [5.41, 5.74) is -0.672. The van der Waals surface area contributed by atoms with Gasteiger partial charge in [-0.2, -0.15) is 17.4 Å². The average Bonchev–Trinajstić information content (AvgIpc) is 2.25. The summed E-state index contributed by atoms with van der Waals surface area (Å²) < 4.78 is 27.8. The van der Waals surface area contributed by atoms with Gasteiger partial charge < -0.3 is 5.11 Å². The predicted molar refractivity (Wildman–Crippen MR) is 68.4 cm³/mol. The molecule has 0 aliphatic carbocycles. The van der Waals surface area contributed by atoms with Gasteiger partial charge in [0.15, 0.2) is 0 Å². The first kappa shape index (κ1) is 15.4. The van der Waals surface area contributed by atoms with Gasteiger partial charge in [0.2, 0.25) is 0 Å². The van der Waals surface area contributed by atoms with Gasteiger partial charge in [-0.25, -0.2) is 0 Å². The molecule has 2 N–H and O–H groups in total. The van der Waals surface area contributed by atoms with E-state index in [2.05, 4.69) is 4.72 Å². The lowest BCUT2D eigenvalue weighted by Crippen LogP contribution is -2.54. The van der Waals surface area contributed by atoms with E-state index in [1.54, 1.807) is 20.8 Å². The lowest BCUT2D eigenvalue weighted by molar-refractivity contribution is -0.141. The molecule has 0 saturated carbocycles. The van der Waals surface area contributed by atoms with E-state index >= 15 is 0 Å². The first-order valence-corrected chi connectivity index (χ1v) is 7.59. The fraction of sp³-hybridized carbons (Fsp3) is 0.909. The second-order valence-corrected chi connectivity index (χ2v) is 7.42. The van der Waals surface area contributed by atoms with E-state index in [4.69, 9.17) is 5.11 Å². The van der Waals surface area contributed by atoms with Crippen molar-refractivity contribution >= 4 is 16.2 Å². The summed E-state index contributed by atoms with van der Waals surface area (Å²) in [6.07, 6.45) is 2.68. The minimum absolute atomic E-state index is 0.464. The molecule has 7 heteroatoms. The summed E-state index contributed by atoms with van der Waals surface area (Å²) in [6, 6.07) is -1.12. The number of aliphatic carboxylic acids is 1. The Hall–Kier alpha value is -0.660. The molecule has 1 heterocycles. The van der Waals surface area contributed by atoms with Crippen LogP contribution < -0.4 is 4.72 Å².